The molecule has 0 rings (SSSR count). The Morgan fingerprint density at radius 3 is 2.77 bits per heavy atom. The molecule has 0 heterocycles. The van der Waals surface area contributed by atoms with E-state index in [9.17, 15) is 0 Å². The van der Waals surface area contributed by atoms with Crippen molar-refractivity contribution in [3.05, 3.63) is 12.2 Å². The van der Waals surface area contributed by atoms with E-state index >= 15 is 0 Å². The summed E-state index contributed by atoms with van der Waals surface area (Å²) in [6, 6.07) is 0.294. The standard InChI is InChI=1S/C10H19ClN2/c1-4-5-9-13(12-3)10(2)7-6-8-11/h6-7,10H,3-5,8-9H2,1-2H3/b7-6+/t10-/m0/s1. The van der Waals surface area contributed by atoms with Gasteiger partial charge in [-0.3, -0.25) is 5.01 Å². The van der Waals surface area contributed by atoms with Crippen LogP contribution in [0.5, 0.6) is 0 Å². The summed E-state index contributed by atoms with van der Waals surface area (Å²) in [5.74, 6) is 0.559. The summed E-state index contributed by atoms with van der Waals surface area (Å²) in [7, 11) is 0. The molecule has 0 bridgehead atoms. The first-order chi connectivity index (χ1) is 6.26. The van der Waals surface area contributed by atoms with Crippen molar-refractivity contribution >= 4 is 18.3 Å². The van der Waals surface area contributed by atoms with Crippen molar-refractivity contribution in [2.45, 2.75) is 32.7 Å². The van der Waals surface area contributed by atoms with Gasteiger partial charge in [-0.15, -0.1) is 11.6 Å². The Hall–Kier alpha value is -0.500. The minimum absolute atomic E-state index is 0.294. The molecule has 0 amide bonds. The van der Waals surface area contributed by atoms with Crippen LogP contribution in [-0.4, -0.2) is 30.2 Å². The van der Waals surface area contributed by atoms with Crippen LogP contribution in [0.25, 0.3) is 0 Å². The van der Waals surface area contributed by atoms with Crippen molar-refractivity contribution < 1.29 is 0 Å². The van der Waals surface area contributed by atoms with Gasteiger partial charge >= 0.3 is 0 Å². The summed E-state index contributed by atoms with van der Waals surface area (Å²) < 4.78 is 0. The Balaban J connectivity index is 3.90. The molecule has 3 heteroatoms. The van der Waals surface area contributed by atoms with Crippen LogP contribution in [0, 0.1) is 0 Å². The van der Waals surface area contributed by atoms with Crippen LogP contribution in [0.2, 0.25) is 0 Å². The molecule has 0 fully saturated rings. The summed E-state index contributed by atoms with van der Waals surface area (Å²) in [6.07, 6.45) is 6.32. The van der Waals surface area contributed by atoms with Crippen molar-refractivity contribution in [1.82, 2.24) is 5.01 Å². The molecule has 2 nitrogen and oxygen atoms in total. The molecule has 0 radical (unpaired) electrons. The Bertz CT molecular complexity index is 157. The molecule has 0 saturated heterocycles. The zero-order chi connectivity index (χ0) is 10.1. The Kier molecular flexibility index (Phi) is 7.80. The second kappa shape index (κ2) is 8.11. The predicted octanol–water partition coefficient (Wildman–Crippen LogP) is 2.89. The normalized spacial score (nSPS) is 13.2. The fourth-order valence-electron chi connectivity index (χ4n) is 1.07. The van der Waals surface area contributed by atoms with Crippen LogP contribution in [-0.2, 0) is 0 Å². The Morgan fingerprint density at radius 1 is 1.62 bits per heavy atom. The molecule has 0 unspecified atom stereocenters. The number of hydrogen-bond donors (Lipinski definition) is 0. The average molecular weight is 203 g/mol. The zero-order valence-electron chi connectivity index (χ0n) is 8.54. The van der Waals surface area contributed by atoms with Gasteiger partial charge in [0.15, 0.2) is 0 Å². The van der Waals surface area contributed by atoms with E-state index in [1.807, 2.05) is 11.1 Å². The molecule has 0 aliphatic carbocycles. The minimum atomic E-state index is 0.294. The summed E-state index contributed by atoms with van der Waals surface area (Å²) in [5.41, 5.74) is 0. The van der Waals surface area contributed by atoms with Gasteiger partial charge in [-0.1, -0.05) is 25.5 Å². The lowest BCUT2D eigenvalue weighted by atomic mass is 10.2. The number of alkyl halides is 1. The monoisotopic (exact) mass is 202 g/mol. The third-order valence-corrected chi connectivity index (χ3v) is 2.07. The molecular formula is C10H19ClN2. The number of rotatable bonds is 7. The van der Waals surface area contributed by atoms with Crippen LogP contribution in [0.1, 0.15) is 26.7 Å². The third kappa shape index (κ3) is 5.69. The molecule has 0 aromatic carbocycles. The SMILES string of the molecule is C=NN(CCCC)[C@@H](C)/C=C/CCl. The van der Waals surface area contributed by atoms with Crippen LogP contribution < -0.4 is 0 Å². The van der Waals surface area contributed by atoms with Crippen molar-refractivity contribution in [2.75, 3.05) is 12.4 Å². The molecule has 0 N–H and O–H groups in total. The van der Waals surface area contributed by atoms with Crippen LogP contribution >= 0.6 is 11.6 Å². The molecule has 0 aromatic heterocycles. The molecule has 0 aliphatic heterocycles. The highest BCUT2D eigenvalue weighted by Gasteiger charge is 2.05. The molecule has 1 atom stereocenters. The van der Waals surface area contributed by atoms with Gasteiger partial charge in [0.2, 0.25) is 0 Å². The van der Waals surface area contributed by atoms with Gasteiger partial charge in [-0.05, 0) is 13.3 Å². The predicted molar refractivity (Wildman–Crippen MR) is 60.5 cm³/mol. The first-order valence-electron chi connectivity index (χ1n) is 4.72. The molecule has 0 aromatic rings. The smallest absolute Gasteiger partial charge is 0.0622 e. The van der Waals surface area contributed by atoms with Crippen LogP contribution in [0.4, 0.5) is 0 Å². The number of halogens is 1. The summed E-state index contributed by atoms with van der Waals surface area (Å²) in [6.45, 7) is 8.78. The van der Waals surface area contributed by atoms with E-state index in [4.69, 9.17) is 11.6 Å². The lowest BCUT2D eigenvalue weighted by molar-refractivity contribution is 0.251. The van der Waals surface area contributed by atoms with Gasteiger partial charge in [-0.25, -0.2) is 0 Å². The summed E-state index contributed by atoms with van der Waals surface area (Å²) in [5, 5.41) is 5.95. The van der Waals surface area contributed by atoms with Crippen LogP contribution in [0.3, 0.4) is 0 Å². The molecular weight excluding hydrogens is 184 g/mol. The second-order valence-corrected chi connectivity index (χ2v) is 3.29. The van der Waals surface area contributed by atoms with Crippen LogP contribution in [0.15, 0.2) is 17.3 Å². The summed E-state index contributed by atoms with van der Waals surface area (Å²) in [4.78, 5) is 0. The van der Waals surface area contributed by atoms with E-state index in [-0.39, 0.29) is 0 Å². The Morgan fingerprint density at radius 2 is 2.31 bits per heavy atom. The highest BCUT2D eigenvalue weighted by atomic mass is 35.5. The van der Waals surface area contributed by atoms with Gasteiger partial charge in [0.1, 0.15) is 0 Å². The maximum atomic E-state index is 5.55. The number of unbranched alkanes of at least 4 members (excludes halogenated alkanes) is 1. The maximum Gasteiger partial charge on any atom is 0.0622 e. The quantitative estimate of drug-likeness (QED) is 0.268. The number of allylic oxidation sites excluding steroid dienone is 1. The van der Waals surface area contributed by atoms with E-state index in [2.05, 4.69) is 31.7 Å². The molecule has 0 saturated carbocycles. The van der Waals surface area contributed by atoms with Crippen molar-refractivity contribution in [3.63, 3.8) is 0 Å². The molecule has 0 aliphatic rings. The van der Waals surface area contributed by atoms with Gasteiger partial charge < -0.3 is 0 Å². The lowest BCUT2D eigenvalue weighted by Gasteiger charge is -2.23. The largest absolute Gasteiger partial charge is 0.291 e. The summed E-state index contributed by atoms with van der Waals surface area (Å²) >= 11 is 5.55. The minimum Gasteiger partial charge on any atom is -0.291 e. The zero-order valence-corrected chi connectivity index (χ0v) is 9.30. The van der Waals surface area contributed by atoms with Gasteiger partial charge in [0.05, 0.1) is 6.04 Å². The van der Waals surface area contributed by atoms with E-state index in [1.54, 1.807) is 0 Å². The van der Waals surface area contributed by atoms with E-state index < -0.39 is 0 Å². The Labute approximate surface area is 86.3 Å². The van der Waals surface area contributed by atoms with E-state index in [0.29, 0.717) is 11.9 Å². The fourth-order valence-corrected chi connectivity index (χ4v) is 1.17. The fraction of sp³-hybridized carbons (Fsp3) is 0.700. The molecule has 0 spiro atoms. The van der Waals surface area contributed by atoms with Gasteiger partial charge in [0, 0.05) is 19.1 Å². The average Bonchev–Trinajstić information content (AvgIpc) is 2.16. The first-order valence-corrected chi connectivity index (χ1v) is 5.25. The van der Waals surface area contributed by atoms with Gasteiger partial charge in [0.25, 0.3) is 0 Å². The lowest BCUT2D eigenvalue weighted by Crippen LogP contribution is -2.27. The van der Waals surface area contributed by atoms with E-state index in [0.717, 1.165) is 13.0 Å². The van der Waals surface area contributed by atoms with Gasteiger partial charge in [-0.2, -0.15) is 5.10 Å². The highest BCUT2D eigenvalue weighted by molar-refractivity contribution is 6.18. The number of hydrazone groups is 1. The van der Waals surface area contributed by atoms with Crippen molar-refractivity contribution in [1.29, 1.82) is 0 Å². The third-order valence-electron chi connectivity index (χ3n) is 1.90. The van der Waals surface area contributed by atoms with E-state index in [1.165, 1.54) is 6.42 Å². The first kappa shape index (κ1) is 12.5. The second-order valence-electron chi connectivity index (χ2n) is 2.98. The molecule has 76 valence electrons. The van der Waals surface area contributed by atoms with Crippen molar-refractivity contribution in [2.24, 2.45) is 5.10 Å². The number of hydrogen-bond acceptors (Lipinski definition) is 2. The topological polar surface area (TPSA) is 15.6 Å². The molecule has 13 heavy (non-hydrogen) atoms. The highest BCUT2D eigenvalue weighted by Crippen LogP contribution is 2.03. The van der Waals surface area contributed by atoms with Crippen molar-refractivity contribution in [3.8, 4) is 0 Å². The number of nitrogens with zero attached hydrogens (tertiary/aromatic N) is 2. The maximum absolute atomic E-state index is 5.55.